The fourth-order valence-corrected chi connectivity index (χ4v) is 4.77. The van der Waals surface area contributed by atoms with Gasteiger partial charge in [-0.2, -0.15) is 4.99 Å². The molecular formula is C23H16N2O3S. The van der Waals surface area contributed by atoms with Gasteiger partial charge in [-0.15, -0.1) is 0 Å². The van der Waals surface area contributed by atoms with Gasteiger partial charge in [0.25, 0.3) is 5.91 Å². The van der Waals surface area contributed by atoms with Crippen molar-refractivity contribution in [1.29, 1.82) is 0 Å². The molecule has 5 nitrogen and oxygen atoms in total. The number of rotatable bonds is 1. The number of carbonyl (C=O) groups is 1. The van der Waals surface area contributed by atoms with E-state index in [-0.39, 0.29) is 5.56 Å². The van der Waals surface area contributed by atoms with Gasteiger partial charge < -0.3 is 8.98 Å². The molecule has 0 aliphatic heterocycles. The number of amides is 1. The summed E-state index contributed by atoms with van der Waals surface area (Å²) in [5.74, 6) is -0.603. The Hall–Kier alpha value is -3.51. The van der Waals surface area contributed by atoms with Crippen molar-refractivity contribution in [2.45, 2.75) is 6.92 Å². The first-order valence-electron chi connectivity index (χ1n) is 9.13. The van der Waals surface area contributed by atoms with Crippen LogP contribution in [-0.2, 0) is 7.05 Å². The molecular weight excluding hydrogens is 384 g/mol. The molecule has 0 N–H and O–H groups in total. The predicted octanol–water partition coefficient (Wildman–Crippen LogP) is 4.55. The molecule has 0 spiro atoms. The van der Waals surface area contributed by atoms with Crippen LogP contribution in [0.4, 0.5) is 0 Å². The molecule has 0 saturated heterocycles. The van der Waals surface area contributed by atoms with E-state index < -0.39 is 11.5 Å². The average molecular weight is 400 g/mol. The van der Waals surface area contributed by atoms with Crippen LogP contribution in [0.5, 0.6) is 0 Å². The minimum absolute atomic E-state index is 0.0666. The van der Waals surface area contributed by atoms with E-state index in [0.29, 0.717) is 10.4 Å². The van der Waals surface area contributed by atoms with Gasteiger partial charge in [-0.1, -0.05) is 53.8 Å². The molecule has 6 heteroatoms. The van der Waals surface area contributed by atoms with Crippen molar-refractivity contribution in [2.24, 2.45) is 12.0 Å². The molecule has 0 aliphatic carbocycles. The second-order valence-corrected chi connectivity index (χ2v) is 7.94. The van der Waals surface area contributed by atoms with Gasteiger partial charge in [0, 0.05) is 12.4 Å². The number of aryl methyl sites for hydroxylation is 2. The number of aromatic nitrogens is 1. The van der Waals surface area contributed by atoms with Crippen LogP contribution in [0, 0.1) is 6.92 Å². The van der Waals surface area contributed by atoms with E-state index in [1.54, 1.807) is 12.1 Å². The molecule has 2 aromatic heterocycles. The second-order valence-electron chi connectivity index (χ2n) is 6.93. The molecule has 0 bridgehead atoms. The van der Waals surface area contributed by atoms with Crippen LogP contribution in [0.1, 0.15) is 15.9 Å². The smallest absolute Gasteiger partial charge is 0.349 e. The van der Waals surface area contributed by atoms with Crippen LogP contribution in [-0.4, -0.2) is 10.5 Å². The lowest BCUT2D eigenvalue weighted by atomic mass is 10.0. The number of benzene rings is 3. The number of carbonyl (C=O) groups excluding carboxylic acids is 1. The third-order valence-corrected chi connectivity index (χ3v) is 6.19. The Bertz CT molecular complexity index is 1570. The Morgan fingerprint density at radius 1 is 1.03 bits per heavy atom. The van der Waals surface area contributed by atoms with Crippen molar-refractivity contribution in [1.82, 2.24) is 4.57 Å². The van der Waals surface area contributed by atoms with Crippen molar-refractivity contribution >= 4 is 49.2 Å². The molecule has 5 aromatic rings. The fourth-order valence-electron chi connectivity index (χ4n) is 3.67. The molecule has 2 heterocycles. The van der Waals surface area contributed by atoms with Gasteiger partial charge in [0.15, 0.2) is 4.80 Å². The molecule has 5 rings (SSSR count). The highest BCUT2D eigenvalue weighted by Crippen LogP contribution is 2.25. The second kappa shape index (κ2) is 6.53. The van der Waals surface area contributed by atoms with Gasteiger partial charge in [-0.25, -0.2) is 4.79 Å². The summed E-state index contributed by atoms with van der Waals surface area (Å²) < 4.78 is 8.35. The van der Waals surface area contributed by atoms with Gasteiger partial charge in [0.2, 0.25) is 0 Å². The van der Waals surface area contributed by atoms with Gasteiger partial charge in [-0.05, 0) is 41.5 Å². The Labute approximate surface area is 169 Å². The Kier molecular flexibility index (Phi) is 3.96. The highest BCUT2D eigenvalue weighted by atomic mass is 32.1. The lowest BCUT2D eigenvalue weighted by molar-refractivity contribution is 0.0994. The van der Waals surface area contributed by atoms with Crippen LogP contribution in [0.3, 0.4) is 0 Å². The van der Waals surface area contributed by atoms with E-state index in [9.17, 15) is 9.59 Å². The summed E-state index contributed by atoms with van der Waals surface area (Å²) >= 11 is 1.42. The minimum Gasteiger partial charge on any atom is -0.422 e. The fraction of sp³-hybridized carbons (Fsp3) is 0.0870. The van der Waals surface area contributed by atoms with E-state index in [0.717, 1.165) is 31.9 Å². The molecule has 3 aromatic carbocycles. The van der Waals surface area contributed by atoms with Gasteiger partial charge in [0.05, 0.1) is 10.2 Å². The molecule has 0 atom stereocenters. The largest absolute Gasteiger partial charge is 0.422 e. The van der Waals surface area contributed by atoms with Crippen LogP contribution in [0.15, 0.2) is 74.9 Å². The maximum absolute atomic E-state index is 12.9. The third-order valence-electron chi connectivity index (χ3n) is 5.09. The lowest BCUT2D eigenvalue weighted by Crippen LogP contribution is -2.18. The third kappa shape index (κ3) is 2.80. The summed E-state index contributed by atoms with van der Waals surface area (Å²) in [6, 6.07) is 19.0. The normalized spacial score (nSPS) is 12.3. The van der Waals surface area contributed by atoms with E-state index in [1.807, 2.05) is 67.1 Å². The van der Waals surface area contributed by atoms with E-state index in [2.05, 4.69) is 4.99 Å². The highest BCUT2D eigenvalue weighted by molar-refractivity contribution is 7.16. The topological polar surface area (TPSA) is 64.6 Å². The van der Waals surface area contributed by atoms with Crippen molar-refractivity contribution in [3.05, 3.63) is 87.0 Å². The zero-order valence-electron chi connectivity index (χ0n) is 15.8. The first kappa shape index (κ1) is 17.6. The van der Waals surface area contributed by atoms with E-state index >= 15 is 0 Å². The van der Waals surface area contributed by atoms with Crippen LogP contribution < -0.4 is 10.4 Å². The summed E-state index contributed by atoms with van der Waals surface area (Å²) in [5, 5.41) is 2.65. The van der Waals surface area contributed by atoms with Gasteiger partial charge >= 0.3 is 5.63 Å². The zero-order chi connectivity index (χ0) is 20.1. The van der Waals surface area contributed by atoms with E-state index in [1.165, 1.54) is 11.3 Å². The molecule has 1 amide bonds. The average Bonchev–Trinajstić information content (AvgIpc) is 3.03. The van der Waals surface area contributed by atoms with Crippen LogP contribution >= 0.6 is 11.3 Å². The molecule has 0 unspecified atom stereocenters. The number of thiazole rings is 1. The molecule has 0 saturated carbocycles. The van der Waals surface area contributed by atoms with Crippen LogP contribution in [0.2, 0.25) is 0 Å². The Morgan fingerprint density at radius 3 is 2.69 bits per heavy atom. The SMILES string of the molecule is Cc1cccc2sc(=NC(=O)c3cc4c(ccc5ccccc54)oc3=O)n(C)c12. The predicted molar refractivity (Wildman–Crippen MR) is 115 cm³/mol. The number of fused-ring (bicyclic) bond motifs is 4. The van der Waals surface area contributed by atoms with E-state index in [4.69, 9.17) is 4.42 Å². The van der Waals surface area contributed by atoms with Crippen molar-refractivity contribution in [3.63, 3.8) is 0 Å². The molecule has 29 heavy (non-hydrogen) atoms. The Morgan fingerprint density at radius 2 is 1.86 bits per heavy atom. The van der Waals surface area contributed by atoms with Crippen molar-refractivity contribution in [3.8, 4) is 0 Å². The summed E-state index contributed by atoms with van der Waals surface area (Å²) in [4.78, 5) is 30.1. The molecule has 0 radical (unpaired) electrons. The summed E-state index contributed by atoms with van der Waals surface area (Å²) in [7, 11) is 1.87. The molecule has 0 fully saturated rings. The van der Waals surface area contributed by atoms with Crippen molar-refractivity contribution < 1.29 is 9.21 Å². The lowest BCUT2D eigenvalue weighted by Gasteiger charge is -2.03. The first-order valence-corrected chi connectivity index (χ1v) is 9.94. The van der Waals surface area contributed by atoms with Crippen LogP contribution in [0.25, 0.3) is 32.0 Å². The number of nitrogens with zero attached hydrogens (tertiary/aromatic N) is 2. The number of hydrogen-bond donors (Lipinski definition) is 0. The van der Waals surface area contributed by atoms with Crippen molar-refractivity contribution in [2.75, 3.05) is 0 Å². The summed E-state index contributed by atoms with van der Waals surface area (Å²) in [6.45, 7) is 2.02. The minimum atomic E-state index is -0.679. The molecule has 0 aliphatic rings. The summed E-state index contributed by atoms with van der Waals surface area (Å²) in [6.07, 6.45) is 0. The quantitative estimate of drug-likeness (QED) is 0.306. The molecule has 142 valence electrons. The summed E-state index contributed by atoms with van der Waals surface area (Å²) in [5.41, 5.74) is 1.84. The standard InChI is InChI=1S/C23H16N2O3S/c1-13-6-5-9-19-20(13)25(2)23(29-19)24-21(26)17-12-16-15-8-4-3-7-14(15)10-11-18(16)28-22(17)27/h3-12H,1-2H3. The maximum Gasteiger partial charge on any atom is 0.349 e. The Balaban J connectivity index is 1.72. The monoisotopic (exact) mass is 400 g/mol. The first-order chi connectivity index (χ1) is 14.0. The highest BCUT2D eigenvalue weighted by Gasteiger charge is 2.15. The number of hydrogen-bond acceptors (Lipinski definition) is 4. The maximum atomic E-state index is 12.9. The van der Waals surface area contributed by atoms with Gasteiger partial charge in [0.1, 0.15) is 11.1 Å². The zero-order valence-corrected chi connectivity index (χ0v) is 16.6. The van der Waals surface area contributed by atoms with Gasteiger partial charge in [-0.3, -0.25) is 4.79 Å². The number of para-hydroxylation sites is 1.